The molecule has 1 atom stereocenters. The van der Waals surface area contributed by atoms with E-state index >= 15 is 0 Å². The third-order valence-corrected chi connectivity index (χ3v) is 6.81. The molecule has 1 aromatic heterocycles. The molecule has 1 heterocycles. The first kappa shape index (κ1) is 23.8. The summed E-state index contributed by atoms with van der Waals surface area (Å²) < 4.78 is 10.9. The predicted octanol–water partition coefficient (Wildman–Crippen LogP) is 6.66. The van der Waals surface area contributed by atoms with Crippen molar-refractivity contribution in [1.82, 2.24) is 5.16 Å². The number of hydrogen-bond donors (Lipinski definition) is 1. The third kappa shape index (κ3) is 4.62. The summed E-state index contributed by atoms with van der Waals surface area (Å²) in [5.41, 5.74) is 5.83. The standard InChI is InChI=1S/C31H29NO4/c1-3-35-30(34)31(19-20-31)26-16-14-24(15-17-26)23-10-12-25(13-11-23)29-28(21(2)32-36-29)27(33)18-9-22-7-5-4-6-8-22/h4-18,27,33H,3,19-20H2,1-2H3/b18-9+. The molecule has 1 saturated carbocycles. The molecule has 5 rings (SSSR count). The molecule has 4 aromatic rings. The van der Waals surface area contributed by atoms with E-state index in [0.29, 0.717) is 23.6 Å². The monoisotopic (exact) mass is 479 g/mol. The van der Waals surface area contributed by atoms with Crippen LogP contribution >= 0.6 is 0 Å². The average Bonchev–Trinajstić information content (AvgIpc) is 3.64. The van der Waals surface area contributed by atoms with Gasteiger partial charge in [0.1, 0.15) is 6.10 Å². The molecule has 36 heavy (non-hydrogen) atoms. The van der Waals surface area contributed by atoms with Crippen LogP contribution < -0.4 is 0 Å². The number of nitrogens with zero attached hydrogens (tertiary/aromatic N) is 1. The number of ether oxygens (including phenoxy) is 1. The van der Waals surface area contributed by atoms with E-state index < -0.39 is 11.5 Å². The van der Waals surface area contributed by atoms with Crippen LogP contribution in [0.25, 0.3) is 28.5 Å². The highest BCUT2D eigenvalue weighted by atomic mass is 16.5. The number of benzene rings is 3. The van der Waals surface area contributed by atoms with Crippen LogP contribution in [-0.2, 0) is 14.9 Å². The zero-order chi connectivity index (χ0) is 25.1. The van der Waals surface area contributed by atoms with Gasteiger partial charge < -0.3 is 14.4 Å². The molecule has 0 radical (unpaired) electrons. The fourth-order valence-corrected chi connectivity index (χ4v) is 4.60. The van der Waals surface area contributed by atoms with Gasteiger partial charge in [-0.3, -0.25) is 4.79 Å². The number of aromatic nitrogens is 1. The van der Waals surface area contributed by atoms with Crippen molar-refractivity contribution >= 4 is 12.0 Å². The number of hydrogen-bond acceptors (Lipinski definition) is 5. The summed E-state index contributed by atoms with van der Waals surface area (Å²) >= 11 is 0. The smallest absolute Gasteiger partial charge is 0.316 e. The molecule has 3 aromatic carbocycles. The minimum atomic E-state index is -0.840. The number of carbonyl (C=O) groups is 1. The molecule has 0 aliphatic heterocycles. The minimum absolute atomic E-state index is 0.124. The lowest BCUT2D eigenvalue weighted by atomic mass is 9.93. The lowest BCUT2D eigenvalue weighted by Gasteiger charge is -2.14. The second kappa shape index (κ2) is 9.96. The molecule has 0 amide bonds. The van der Waals surface area contributed by atoms with Crippen molar-refractivity contribution in [2.24, 2.45) is 0 Å². The zero-order valence-corrected chi connectivity index (χ0v) is 20.5. The molecule has 0 bridgehead atoms. The van der Waals surface area contributed by atoms with Crippen molar-refractivity contribution in [3.63, 3.8) is 0 Å². The Kier molecular flexibility index (Phi) is 6.57. The Labute approximate surface area is 211 Å². The van der Waals surface area contributed by atoms with Crippen molar-refractivity contribution in [3.05, 3.63) is 107 Å². The largest absolute Gasteiger partial charge is 0.465 e. The van der Waals surface area contributed by atoms with Gasteiger partial charge in [-0.1, -0.05) is 96.2 Å². The van der Waals surface area contributed by atoms with E-state index in [2.05, 4.69) is 5.16 Å². The van der Waals surface area contributed by atoms with E-state index in [1.54, 1.807) is 6.08 Å². The molecule has 0 saturated heterocycles. The van der Waals surface area contributed by atoms with Crippen LogP contribution in [0.5, 0.6) is 0 Å². The summed E-state index contributed by atoms with van der Waals surface area (Å²) in [6, 6.07) is 26.0. The molecule has 5 nitrogen and oxygen atoms in total. The molecular formula is C31H29NO4. The van der Waals surface area contributed by atoms with Crippen LogP contribution in [-0.4, -0.2) is 22.8 Å². The SMILES string of the molecule is CCOC(=O)C1(c2ccc(-c3ccc(-c4onc(C)c4C(O)/C=C/c4ccccc4)cc3)cc2)CC1. The van der Waals surface area contributed by atoms with E-state index in [9.17, 15) is 9.90 Å². The molecule has 0 spiro atoms. The summed E-state index contributed by atoms with van der Waals surface area (Å²) in [5.74, 6) is 0.436. The van der Waals surface area contributed by atoms with Crippen LogP contribution in [0.4, 0.5) is 0 Å². The number of aliphatic hydroxyl groups excluding tert-OH is 1. The van der Waals surface area contributed by atoms with Gasteiger partial charge in [-0.25, -0.2) is 0 Å². The van der Waals surface area contributed by atoms with E-state index in [4.69, 9.17) is 9.26 Å². The van der Waals surface area contributed by atoms with Crippen LogP contribution in [0.1, 0.15) is 48.3 Å². The summed E-state index contributed by atoms with van der Waals surface area (Å²) in [7, 11) is 0. The fourth-order valence-electron chi connectivity index (χ4n) is 4.60. The van der Waals surface area contributed by atoms with Gasteiger partial charge in [0.2, 0.25) is 0 Å². The molecule has 1 unspecified atom stereocenters. The first-order chi connectivity index (χ1) is 17.5. The quantitative estimate of drug-likeness (QED) is 0.286. The minimum Gasteiger partial charge on any atom is -0.465 e. The second-order valence-electron chi connectivity index (χ2n) is 9.18. The van der Waals surface area contributed by atoms with Crippen LogP contribution in [0.3, 0.4) is 0 Å². The van der Waals surface area contributed by atoms with Crippen LogP contribution in [0.2, 0.25) is 0 Å². The van der Waals surface area contributed by atoms with E-state index in [1.165, 1.54) is 0 Å². The molecule has 1 N–H and O–H groups in total. The highest BCUT2D eigenvalue weighted by Crippen LogP contribution is 2.49. The Morgan fingerprint density at radius 1 is 1.00 bits per heavy atom. The molecule has 1 aliphatic rings. The van der Waals surface area contributed by atoms with Crippen LogP contribution in [0.15, 0.2) is 89.5 Å². The van der Waals surface area contributed by atoms with Gasteiger partial charge in [-0.05, 0) is 48.9 Å². The molecule has 182 valence electrons. The van der Waals surface area contributed by atoms with E-state index in [0.717, 1.165) is 40.7 Å². The lowest BCUT2D eigenvalue weighted by Crippen LogP contribution is -2.23. The average molecular weight is 480 g/mol. The van der Waals surface area contributed by atoms with Crippen LogP contribution in [0, 0.1) is 6.92 Å². The van der Waals surface area contributed by atoms with Gasteiger partial charge in [0.15, 0.2) is 5.76 Å². The molecule has 1 aliphatic carbocycles. The van der Waals surface area contributed by atoms with Crippen molar-refractivity contribution in [2.45, 2.75) is 38.2 Å². The molecular weight excluding hydrogens is 450 g/mol. The summed E-state index contributed by atoms with van der Waals surface area (Å²) in [6.07, 6.45) is 4.47. The number of carbonyl (C=O) groups excluding carboxylic acids is 1. The van der Waals surface area contributed by atoms with Crippen molar-refractivity contribution in [2.75, 3.05) is 6.61 Å². The van der Waals surface area contributed by atoms with Gasteiger partial charge >= 0.3 is 5.97 Å². The normalized spacial score (nSPS) is 15.1. The Balaban J connectivity index is 1.35. The van der Waals surface area contributed by atoms with Gasteiger partial charge in [-0.2, -0.15) is 0 Å². The van der Waals surface area contributed by atoms with Gasteiger partial charge in [-0.15, -0.1) is 0 Å². The molecule has 5 heteroatoms. The van der Waals surface area contributed by atoms with Crippen molar-refractivity contribution < 1.29 is 19.2 Å². The maximum atomic E-state index is 12.4. The molecule has 1 fully saturated rings. The number of rotatable bonds is 8. The van der Waals surface area contributed by atoms with Gasteiger partial charge in [0.25, 0.3) is 0 Å². The number of aryl methyl sites for hydroxylation is 1. The first-order valence-electron chi connectivity index (χ1n) is 12.3. The van der Waals surface area contributed by atoms with Gasteiger partial charge in [0, 0.05) is 5.56 Å². The van der Waals surface area contributed by atoms with Crippen molar-refractivity contribution in [3.8, 4) is 22.5 Å². The maximum Gasteiger partial charge on any atom is 0.316 e. The zero-order valence-electron chi connectivity index (χ0n) is 20.5. The topological polar surface area (TPSA) is 72.6 Å². The first-order valence-corrected chi connectivity index (χ1v) is 12.3. The number of aliphatic hydroxyl groups is 1. The Hall–Kier alpha value is -3.96. The predicted molar refractivity (Wildman–Crippen MR) is 140 cm³/mol. The number of esters is 1. The van der Waals surface area contributed by atoms with E-state index in [1.807, 2.05) is 98.8 Å². The van der Waals surface area contributed by atoms with E-state index in [-0.39, 0.29) is 5.97 Å². The lowest BCUT2D eigenvalue weighted by molar-refractivity contribution is -0.146. The van der Waals surface area contributed by atoms with Gasteiger partial charge in [0.05, 0.1) is 23.3 Å². The Bertz CT molecular complexity index is 1360. The highest BCUT2D eigenvalue weighted by molar-refractivity contribution is 5.87. The maximum absolute atomic E-state index is 12.4. The fraction of sp³-hybridized carbons (Fsp3) is 0.226. The van der Waals surface area contributed by atoms with Crippen molar-refractivity contribution in [1.29, 1.82) is 0 Å². The Morgan fingerprint density at radius 2 is 1.61 bits per heavy atom. The summed E-state index contributed by atoms with van der Waals surface area (Å²) in [6.45, 7) is 4.07. The summed E-state index contributed by atoms with van der Waals surface area (Å²) in [4.78, 5) is 12.4. The highest BCUT2D eigenvalue weighted by Gasteiger charge is 2.52. The summed E-state index contributed by atoms with van der Waals surface area (Å²) in [5, 5.41) is 15.0. The third-order valence-electron chi connectivity index (χ3n) is 6.81. The Morgan fingerprint density at radius 3 is 2.22 bits per heavy atom. The second-order valence-corrected chi connectivity index (χ2v) is 9.18.